The van der Waals surface area contributed by atoms with Gasteiger partial charge in [-0.1, -0.05) is 30.7 Å². The lowest BCUT2D eigenvalue weighted by atomic mass is 10.1. The van der Waals surface area contributed by atoms with Gasteiger partial charge in [0.25, 0.3) is 5.91 Å². The van der Waals surface area contributed by atoms with E-state index in [4.69, 9.17) is 5.21 Å². The van der Waals surface area contributed by atoms with Gasteiger partial charge >= 0.3 is 0 Å². The summed E-state index contributed by atoms with van der Waals surface area (Å²) in [5.41, 5.74) is 3.82. The highest BCUT2D eigenvalue weighted by Gasteiger charge is 2.09. The van der Waals surface area contributed by atoms with E-state index in [2.05, 4.69) is 17.0 Å². The van der Waals surface area contributed by atoms with Crippen LogP contribution in [0.25, 0.3) is 6.08 Å². The Labute approximate surface area is 113 Å². The molecule has 4 nitrogen and oxygen atoms in total. The van der Waals surface area contributed by atoms with Gasteiger partial charge < -0.3 is 0 Å². The van der Waals surface area contributed by atoms with E-state index in [1.807, 2.05) is 12.1 Å². The molecule has 1 aliphatic rings. The first-order valence-electron chi connectivity index (χ1n) is 6.71. The first-order valence-corrected chi connectivity index (χ1v) is 6.71. The summed E-state index contributed by atoms with van der Waals surface area (Å²) in [5.74, 6) is -0.516. The van der Waals surface area contributed by atoms with Crippen LogP contribution in [0.3, 0.4) is 0 Å². The molecule has 2 N–H and O–H groups in total. The Morgan fingerprint density at radius 3 is 2.53 bits per heavy atom. The number of rotatable bonds is 4. The zero-order valence-corrected chi connectivity index (χ0v) is 11.0. The normalized spacial score (nSPS) is 16.7. The lowest BCUT2D eigenvalue weighted by Crippen LogP contribution is -2.29. The summed E-state index contributed by atoms with van der Waals surface area (Å²) in [6, 6.07) is 8.15. The average molecular weight is 260 g/mol. The highest BCUT2D eigenvalue weighted by atomic mass is 16.5. The van der Waals surface area contributed by atoms with Gasteiger partial charge in [-0.2, -0.15) is 0 Å². The molecule has 1 aromatic carbocycles. The third kappa shape index (κ3) is 4.50. The summed E-state index contributed by atoms with van der Waals surface area (Å²) in [6.07, 6.45) is 6.94. The minimum absolute atomic E-state index is 0.516. The average Bonchev–Trinajstić information content (AvgIpc) is 2.47. The van der Waals surface area contributed by atoms with E-state index in [1.54, 1.807) is 11.6 Å². The van der Waals surface area contributed by atoms with Gasteiger partial charge in [0.1, 0.15) is 0 Å². The van der Waals surface area contributed by atoms with Crippen molar-refractivity contribution in [3.8, 4) is 0 Å². The molecule has 1 saturated heterocycles. The molecule has 19 heavy (non-hydrogen) atoms. The van der Waals surface area contributed by atoms with Crippen LogP contribution in [-0.2, 0) is 11.3 Å². The SMILES string of the molecule is O=C(/C=C/c1ccc(CN2CCCCC2)cc1)NO. The van der Waals surface area contributed by atoms with Gasteiger partial charge in [-0.3, -0.25) is 14.9 Å². The van der Waals surface area contributed by atoms with Crippen LogP contribution in [0.2, 0.25) is 0 Å². The molecule has 102 valence electrons. The Bertz CT molecular complexity index is 434. The third-order valence-corrected chi connectivity index (χ3v) is 3.37. The van der Waals surface area contributed by atoms with Crippen LogP contribution in [0, 0.1) is 0 Å². The molecule has 2 rings (SSSR count). The van der Waals surface area contributed by atoms with Crippen molar-refractivity contribution in [1.29, 1.82) is 0 Å². The zero-order valence-electron chi connectivity index (χ0n) is 11.0. The lowest BCUT2D eigenvalue weighted by molar-refractivity contribution is -0.124. The summed E-state index contributed by atoms with van der Waals surface area (Å²) in [5, 5.41) is 8.38. The van der Waals surface area contributed by atoms with E-state index in [0.29, 0.717) is 0 Å². The Kier molecular flexibility index (Phi) is 5.12. The van der Waals surface area contributed by atoms with Crippen LogP contribution in [-0.4, -0.2) is 29.1 Å². The molecule has 1 aliphatic heterocycles. The van der Waals surface area contributed by atoms with Crippen molar-refractivity contribution in [3.63, 3.8) is 0 Å². The van der Waals surface area contributed by atoms with Crippen LogP contribution in [0.1, 0.15) is 30.4 Å². The van der Waals surface area contributed by atoms with E-state index >= 15 is 0 Å². The maximum absolute atomic E-state index is 10.9. The molecule has 0 atom stereocenters. The predicted octanol–water partition coefficient (Wildman–Crippen LogP) is 2.19. The number of benzene rings is 1. The first-order chi connectivity index (χ1) is 9.28. The first kappa shape index (κ1) is 13.8. The number of carbonyl (C=O) groups is 1. The molecule has 0 aromatic heterocycles. The Balaban J connectivity index is 1.90. The van der Waals surface area contributed by atoms with E-state index < -0.39 is 5.91 Å². The number of hydrogen-bond donors (Lipinski definition) is 2. The fraction of sp³-hybridized carbons (Fsp3) is 0.400. The van der Waals surface area contributed by atoms with Gasteiger partial charge in [0.15, 0.2) is 0 Å². The summed E-state index contributed by atoms with van der Waals surface area (Å²) in [4.78, 5) is 13.3. The van der Waals surface area contributed by atoms with Crippen LogP contribution in [0.5, 0.6) is 0 Å². The van der Waals surface area contributed by atoms with Crippen LogP contribution < -0.4 is 5.48 Å². The molecule has 0 aliphatic carbocycles. The molecular formula is C15H20N2O2. The maximum Gasteiger partial charge on any atom is 0.267 e. The highest BCUT2D eigenvalue weighted by molar-refractivity contribution is 5.90. The summed E-state index contributed by atoms with van der Waals surface area (Å²) >= 11 is 0. The van der Waals surface area contributed by atoms with Crippen molar-refractivity contribution >= 4 is 12.0 Å². The molecule has 1 aromatic rings. The molecule has 1 heterocycles. The van der Waals surface area contributed by atoms with E-state index in [9.17, 15) is 4.79 Å². The van der Waals surface area contributed by atoms with E-state index in [1.165, 1.54) is 44.0 Å². The number of hydrogen-bond acceptors (Lipinski definition) is 3. The summed E-state index contributed by atoms with van der Waals surface area (Å²) in [7, 11) is 0. The number of amides is 1. The van der Waals surface area contributed by atoms with Crippen molar-refractivity contribution < 1.29 is 10.0 Å². The van der Waals surface area contributed by atoms with Crippen molar-refractivity contribution in [2.75, 3.05) is 13.1 Å². The number of piperidine rings is 1. The Hall–Kier alpha value is -1.65. The third-order valence-electron chi connectivity index (χ3n) is 3.37. The number of hydroxylamine groups is 1. The second-order valence-electron chi connectivity index (χ2n) is 4.89. The Morgan fingerprint density at radius 1 is 1.21 bits per heavy atom. The molecule has 0 unspecified atom stereocenters. The molecule has 0 bridgehead atoms. The minimum atomic E-state index is -0.516. The van der Waals surface area contributed by atoms with Crippen LogP contribution >= 0.6 is 0 Å². The fourth-order valence-electron chi connectivity index (χ4n) is 2.32. The number of carbonyl (C=O) groups excluding carboxylic acids is 1. The van der Waals surface area contributed by atoms with Gasteiger partial charge in [0, 0.05) is 12.6 Å². The predicted molar refractivity (Wildman–Crippen MR) is 74.5 cm³/mol. The molecule has 0 saturated carbocycles. The second kappa shape index (κ2) is 7.07. The number of nitrogens with one attached hydrogen (secondary N) is 1. The monoisotopic (exact) mass is 260 g/mol. The lowest BCUT2D eigenvalue weighted by Gasteiger charge is -2.26. The molecule has 1 amide bonds. The van der Waals surface area contributed by atoms with Crippen LogP contribution in [0.4, 0.5) is 0 Å². The smallest absolute Gasteiger partial charge is 0.267 e. The molecule has 4 heteroatoms. The topological polar surface area (TPSA) is 52.6 Å². The van der Waals surface area contributed by atoms with Crippen LogP contribution in [0.15, 0.2) is 30.3 Å². The summed E-state index contributed by atoms with van der Waals surface area (Å²) < 4.78 is 0. The van der Waals surface area contributed by atoms with Crippen molar-refractivity contribution in [3.05, 3.63) is 41.5 Å². The standard InChI is InChI=1S/C15H20N2O2/c18-15(16-19)9-8-13-4-6-14(7-5-13)12-17-10-2-1-3-11-17/h4-9,19H,1-3,10-12H2,(H,16,18)/b9-8+. The maximum atomic E-state index is 10.9. The van der Waals surface area contributed by atoms with Gasteiger partial charge in [0.05, 0.1) is 0 Å². The van der Waals surface area contributed by atoms with Crippen molar-refractivity contribution in [2.45, 2.75) is 25.8 Å². The quantitative estimate of drug-likeness (QED) is 0.496. The molecule has 1 fully saturated rings. The van der Waals surface area contributed by atoms with Gasteiger partial charge in [-0.25, -0.2) is 5.48 Å². The zero-order chi connectivity index (χ0) is 13.5. The van der Waals surface area contributed by atoms with Gasteiger partial charge in [0.2, 0.25) is 0 Å². The van der Waals surface area contributed by atoms with E-state index in [-0.39, 0.29) is 0 Å². The minimum Gasteiger partial charge on any atom is -0.299 e. The number of nitrogens with zero attached hydrogens (tertiary/aromatic N) is 1. The Morgan fingerprint density at radius 2 is 1.89 bits per heavy atom. The largest absolute Gasteiger partial charge is 0.299 e. The second-order valence-corrected chi connectivity index (χ2v) is 4.89. The molecule has 0 radical (unpaired) electrons. The van der Waals surface area contributed by atoms with Gasteiger partial charge in [-0.15, -0.1) is 0 Å². The highest BCUT2D eigenvalue weighted by Crippen LogP contribution is 2.14. The fourth-order valence-corrected chi connectivity index (χ4v) is 2.32. The summed E-state index contributed by atoms with van der Waals surface area (Å²) in [6.45, 7) is 3.39. The van der Waals surface area contributed by atoms with E-state index in [0.717, 1.165) is 12.1 Å². The molecule has 0 spiro atoms. The van der Waals surface area contributed by atoms with Crippen molar-refractivity contribution in [1.82, 2.24) is 10.4 Å². The number of likely N-dealkylation sites (tertiary alicyclic amines) is 1. The van der Waals surface area contributed by atoms with Gasteiger partial charge in [-0.05, 0) is 43.1 Å². The molecular weight excluding hydrogens is 240 g/mol. The van der Waals surface area contributed by atoms with Crippen molar-refractivity contribution in [2.24, 2.45) is 0 Å².